The van der Waals surface area contributed by atoms with E-state index in [9.17, 15) is 65.5 Å². The molecule has 1 unspecified atom stereocenters. The van der Waals surface area contributed by atoms with Gasteiger partial charge >= 0.3 is 18.1 Å². The van der Waals surface area contributed by atoms with Crippen LogP contribution >= 0.6 is 23.2 Å². The normalized spacial score (nSPS) is 20.2. The van der Waals surface area contributed by atoms with E-state index in [0.29, 0.717) is 39.2 Å². The van der Waals surface area contributed by atoms with E-state index in [2.05, 4.69) is 77.4 Å². The molecule has 35 heteroatoms. The second-order valence-corrected chi connectivity index (χ2v) is 26.0. The second-order valence-electron chi connectivity index (χ2n) is 25.2. The van der Waals surface area contributed by atoms with Gasteiger partial charge in [-0.05, 0) is 110 Å². The summed E-state index contributed by atoms with van der Waals surface area (Å²) in [7, 11) is 7.73. The summed E-state index contributed by atoms with van der Waals surface area (Å²) in [5, 5.41) is 15.1. The summed E-state index contributed by atoms with van der Waals surface area (Å²) in [6.45, 7) is 0.461. The van der Waals surface area contributed by atoms with Crippen molar-refractivity contribution in [2.45, 2.75) is 55.1 Å². The molecular weight excluding hydrogens is 1410 g/mol. The number of primary amides is 1. The van der Waals surface area contributed by atoms with Crippen LogP contribution in [-0.2, 0) is 45.1 Å². The summed E-state index contributed by atoms with van der Waals surface area (Å²) in [6, 6.07) is 16.2. The number of pyridine rings is 2. The lowest BCUT2D eigenvalue weighted by Crippen LogP contribution is -2.54. The minimum absolute atomic E-state index is 0.0646. The molecule has 7 aliphatic rings. The van der Waals surface area contributed by atoms with Crippen molar-refractivity contribution in [1.82, 2.24) is 61.5 Å². The van der Waals surface area contributed by atoms with Gasteiger partial charge in [0.15, 0.2) is 57.2 Å². The van der Waals surface area contributed by atoms with Crippen LogP contribution in [0.15, 0.2) is 94.0 Å². The molecule has 4 aromatic carbocycles. The van der Waals surface area contributed by atoms with Gasteiger partial charge < -0.3 is 69.2 Å². The second kappa shape index (κ2) is 27.1. The van der Waals surface area contributed by atoms with E-state index in [-0.39, 0.29) is 93.4 Å². The zero-order valence-corrected chi connectivity index (χ0v) is 56.8. The maximum Gasteiger partial charge on any atom is 0.323 e. The average Bonchev–Trinajstić information content (AvgIpc) is 1.59. The molecule has 11 heterocycles. The molecule has 0 bridgehead atoms. The van der Waals surface area contributed by atoms with Gasteiger partial charge in [0.25, 0.3) is 35.4 Å². The third-order valence-corrected chi connectivity index (χ3v) is 19.3. The van der Waals surface area contributed by atoms with Crippen LogP contribution in [0.4, 0.5) is 37.8 Å². The lowest BCUT2D eigenvalue weighted by molar-refractivity contribution is -0.126. The number of carbonyl (C=O) groups is 10. The number of ether oxygens (including phenoxy) is 3. The maximum absolute atomic E-state index is 14.9. The van der Waals surface area contributed by atoms with Crippen molar-refractivity contribution in [2.75, 3.05) is 73.0 Å². The monoisotopic (exact) mass is 1470 g/mol. The Bertz CT molecular complexity index is 5090. The Kier molecular flexibility index (Phi) is 18.3. The number of benzene rings is 4. The Morgan fingerprint density at radius 2 is 1.14 bits per heavy atom. The molecule has 0 radical (unpaired) electrons. The number of hydrogen-bond donors (Lipinski definition) is 7. The highest BCUT2D eigenvalue weighted by molar-refractivity contribution is 6.39. The zero-order valence-electron chi connectivity index (χ0n) is 55.3. The summed E-state index contributed by atoms with van der Waals surface area (Å²) in [4.78, 5) is 142. The molecule has 4 fully saturated rings. The molecule has 8 aromatic rings. The van der Waals surface area contributed by atoms with Gasteiger partial charge in [-0.2, -0.15) is 0 Å². The number of furan rings is 2. The van der Waals surface area contributed by atoms with E-state index >= 15 is 0 Å². The van der Waals surface area contributed by atoms with Crippen molar-refractivity contribution in [3.63, 3.8) is 0 Å². The Balaban J connectivity index is 0.000000140. The SMILES string of the molecule is COc1c(Cl)cc2c(c1Cl)C(=O)N(C[C@@]1(c3cc4cnccc4o3)NC(=O)NC1=O)C2.COc1c(F)cc2c(c1F)C(=O)N(CC1(c3cc4nc(N5CCC(N(C)C)CC5)ccc4o3)NC(=O)NC1=O)C2.COc1c(F)cc2c(c1F)C(=O)N(C[C@@]1(C#Cc3ccc(C(N)=O)cc3)NC(=O)NC1=O)C2. The van der Waals surface area contributed by atoms with Crippen molar-refractivity contribution in [3.8, 4) is 29.1 Å². The van der Waals surface area contributed by atoms with Gasteiger partial charge in [-0.1, -0.05) is 35.0 Å². The van der Waals surface area contributed by atoms with Crippen LogP contribution in [0, 0.1) is 35.1 Å². The first-order chi connectivity index (χ1) is 49.6. The summed E-state index contributed by atoms with van der Waals surface area (Å²) < 4.78 is 84.5. The van der Waals surface area contributed by atoms with Crippen molar-refractivity contribution >= 4 is 111 Å². The number of carbonyl (C=O) groups excluding carboxylic acids is 10. The molecule has 0 saturated carbocycles. The topological polar surface area (TPSA) is 365 Å². The standard InChI is InChI=1S/C27H28F2N6O5.C22H16F2N4O5.C20H14Cl2N4O5/c1-33(2)15-6-8-34(9-7-15)20-5-4-18-17(30-20)11-19(40-18)27(25(37)31-26(38)32-27)13-35-12-14-10-16(28)23(39-3)22(29)21(14)24(35)36;1-33-17-14(23)8-13-9-28(19(30)15(13)16(17)24)10-22(20(31)26-21(32)27-22)7-6-11-2-4-12(5-3-11)18(25)29;1-30-16-11(21)4-10-7-26(17(27)14(10)15(16)22)8-20(18(28)24-19(29)25-20)13-5-9-6-23-3-2-12(9)31-13/h4-5,10-11,15H,6-9,12-13H2,1-3H3,(H2,31,32,37,38);2-5,8H,9-10H2,1H3,(H2,25,29)(H2,26,27,31,32);2-6H,7-8H2,1H3,(H2,24,25,28,29)/t;22-;20-/m.10/s1. The molecule has 0 spiro atoms. The van der Waals surface area contributed by atoms with Gasteiger partial charge in [0.05, 0.1) is 67.7 Å². The van der Waals surface area contributed by atoms with Gasteiger partial charge in [0.1, 0.15) is 28.4 Å². The number of nitrogens with two attached hydrogens (primary N) is 1. The Morgan fingerprint density at radius 3 is 1.64 bits per heavy atom. The molecule has 4 aromatic heterocycles. The molecular formula is C69H58Cl2F4N14O15. The Hall–Kier alpha value is -12.0. The number of methoxy groups -OCH3 is 3. The number of hydrogen-bond acceptors (Lipinski definition) is 19. The minimum Gasteiger partial charge on any atom is -0.494 e. The number of urea groups is 3. The number of halogens is 6. The highest BCUT2D eigenvalue weighted by Gasteiger charge is 2.56. The number of nitrogens with zero attached hydrogens (tertiary/aromatic N) is 7. The third-order valence-electron chi connectivity index (χ3n) is 18.7. The number of fused-ring (bicyclic) bond motifs is 5. The van der Waals surface area contributed by atoms with Crippen LogP contribution < -0.4 is 56.7 Å². The Morgan fingerprint density at radius 1 is 0.635 bits per heavy atom. The average molecular weight is 1470 g/mol. The largest absolute Gasteiger partial charge is 0.494 e. The summed E-state index contributed by atoms with van der Waals surface area (Å²) in [5.74, 6) is -3.71. The van der Waals surface area contributed by atoms with Gasteiger partial charge in [-0.15, -0.1) is 0 Å². The summed E-state index contributed by atoms with van der Waals surface area (Å²) in [6.07, 6.45) is 5.13. The molecule has 29 nitrogen and oxygen atoms in total. The highest BCUT2D eigenvalue weighted by Crippen LogP contribution is 2.44. The molecule has 15 rings (SSSR count). The Labute approximate surface area is 595 Å². The van der Waals surface area contributed by atoms with Gasteiger partial charge in [0, 0.05) is 73.7 Å². The molecule has 4 saturated heterocycles. The van der Waals surface area contributed by atoms with Crippen LogP contribution in [0.3, 0.4) is 0 Å². The lowest BCUT2D eigenvalue weighted by atomic mass is 9.95. The van der Waals surface area contributed by atoms with Crippen molar-refractivity contribution < 1.29 is 88.6 Å². The van der Waals surface area contributed by atoms with Crippen LogP contribution in [0.2, 0.25) is 10.0 Å². The number of aromatic nitrogens is 2. The zero-order chi connectivity index (χ0) is 74.2. The number of anilines is 1. The van der Waals surface area contributed by atoms with E-state index in [1.165, 1.54) is 41.2 Å². The van der Waals surface area contributed by atoms with Crippen molar-refractivity contribution in [1.29, 1.82) is 0 Å². The number of nitrogens with one attached hydrogen (secondary N) is 6. The lowest BCUT2D eigenvalue weighted by Gasteiger charge is -2.35. The molecule has 0 aliphatic carbocycles. The summed E-state index contributed by atoms with van der Waals surface area (Å²) in [5.41, 5.74) is 2.27. The predicted octanol–water partition coefficient (Wildman–Crippen LogP) is 5.83. The van der Waals surface area contributed by atoms with Gasteiger partial charge in [-0.25, -0.2) is 36.9 Å². The molecule has 7 aliphatic heterocycles. The summed E-state index contributed by atoms with van der Waals surface area (Å²) >= 11 is 12.6. The fourth-order valence-electron chi connectivity index (χ4n) is 13.5. The quantitative estimate of drug-likeness (QED) is 0.0382. The molecule has 13 amide bonds. The van der Waals surface area contributed by atoms with Gasteiger partial charge in [0.2, 0.25) is 11.4 Å². The van der Waals surface area contributed by atoms with E-state index in [0.717, 1.165) is 63.0 Å². The van der Waals surface area contributed by atoms with Gasteiger partial charge in [-0.3, -0.25) is 54.5 Å². The van der Waals surface area contributed by atoms with Crippen molar-refractivity contribution in [3.05, 3.63) is 175 Å². The first-order valence-corrected chi connectivity index (χ1v) is 32.4. The molecule has 3 atom stereocenters. The number of imide groups is 3. The number of piperidine rings is 1. The number of rotatable bonds is 14. The van der Waals surface area contributed by atoms with Crippen molar-refractivity contribution in [2.24, 2.45) is 5.73 Å². The third kappa shape index (κ3) is 12.4. The molecule has 8 N–H and O–H groups in total. The fourth-order valence-corrected chi connectivity index (χ4v) is 14.2. The molecule has 104 heavy (non-hydrogen) atoms. The number of amides is 13. The van der Waals surface area contributed by atoms with E-state index in [1.807, 2.05) is 6.07 Å². The van der Waals surface area contributed by atoms with Crippen LogP contribution in [-0.4, -0.2) is 169 Å². The smallest absolute Gasteiger partial charge is 0.323 e. The first kappa shape index (κ1) is 70.4. The minimum atomic E-state index is -1.84. The van der Waals surface area contributed by atoms with E-state index in [1.54, 1.807) is 42.7 Å². The van der Waals surface area contributed by atoms with Crippen LogP contribution in [0.25, 0.3) is 22.1 Å². The molecule has 536 valence electrons. The van der Waals surface area contributed by atoms with Crippen LogP contribution in [0.1, 0.15) is 88.0 Å². The fraction of sp³-hybridized carbons (Fsp3) is 0.275. The highest BCUT2D eigenvalue weighted by atomic mass is 35.5. The predicted molar refractivity (Wildman–Crippen MR) is 358 cm³/mol. The first-order valence-electron chi connectivity index (χ1n) is 31.6. The maximum atomic E-state index is 14.9. The van der Waals surface area contributed by atoms with E-state index in [4.69, 9.17) is 52.2 Å². The van der Waals surface area contributed by atoms with E-state index < -0.39 is 117 Å². The van der Waals surface area contributed by atoms with Crippen LogP contribution in [0.5, 0.6) is 17.2 Å².